The highest BCUT2D eigenvalue weighted by Crippen LogP contribution is 2.08. The van der Waals surface area contributed by atoms with Gasteiger partial charge in [-0.05, 0) is 22.6 Å². The predicted octanol–water partition coefficient (Wildman–Crippen LogP) is 1.28. The van der Waals surface area contributed by atoms with Gasteiger partial charge in [0, 0.05) is 6.20 Å². The number of hydrogen-bond acceptors (Lipinski definition) is 4. The molecule has 5 nitrogen and oxygen atoms in total. The largest absolute Gasteiger partial charge is 0.494 e. The highest BCUT2D eigenvalue weighted by Gasteiger charge is 2.01. The molecule has 0 bridgehead atoms. The molecular weight excluding hydrogens is 295 g/mol. The summed E-state index contributed by atoms with van der Waals surface area (Å²) in [4.78, 5) is 8.19. The van der Waals surface area contributed by atoms with Crippen LogP contribution in [-0.2, 0) is 0 Å². The van der Waals surface area contributed by atoms with Gasteiger partial charge in [0.15, 0.2) is 5.75 Å². The van der Waals surface area contributed by atoms with Crippen molar-refractivity contribution in [2.75, 3.05) is 7.11 Å². The molecule has 2 heterocycles. The van der Waals surface area contributed by atoms with Crippen LogP contribution in [0.4, 0.5) is 0 Å². The lowest BCUT2D eigenvalue weighted by Gasteiger charge is -2.00. The zero-order valence-electron chi connectivity index (χ0n) is 7.38. The van der Waals surface area contributed by atoms with Gasteiger partial charge in [0.25, 0.3) is 5.95 Å². The Morgan fingerprint density at radius 3 is 2.50 bits per heavy atom. The molecule has 72 valence electrons. The Morgan fingerprint density at radius 1 is 1.29 bits per heavy atom. The van der Waals surface area contributed by atoms with Crippen molar-refractivity contribution in [3.8, 4) is 11.7 Å². The first-order valence-electron chi connectivity index (χ1n) is 3.86. The zero-order valence-corrected chi connectivity index (χ0v) is 9.54. The van der Waals surface area contributed by atoms with Crippen LogP contribution in [0.3, 0.4) is 0 Å². The Kier molecular flexibility index (Phi) is 2.62. The van der Waals surface area contributed by atoms with Crippen LogP contribution in [0, 0.1) is 3.57 Å². The molecule has 0 spiro atoms. The summed E-state index contributed by atoms with van der Waals surface area (Å²) >= 11 is 2.18. The van der Waals surface area contributed by atoms with Crippen molar-refractivity contribution in [1.29, 1.82) is 0 Å². The van der Waals surface area contributed by atoms with Crippen molar-refractivity contribution >= 4 is 22.6 Å². The van der Waals surface area contributed by atoms with Crippen molar-refractivity contribution in [2.24, 2.45) is 0 Å². The van der Waals surface area contributed by atoms with Crippen LogP contribution >= 0.6 is 22.6 Å². The maximum atomic E-state index is 4.95. The number of nitrogens with zero attached hydrogens (tertiary/aromatic N) is 4. The first kappa shape index (κ1) is 9.38. The summed E-state index contributed by atoms with van der Waals surface area (Å²) < 4.78 is 7.61. The van der Waals surface area contributed by atoms with E-state index in [1.807, 2.05) is 6.20 Å². The second kappa shape index (κ2) is 3.91. The molecule has 0 fully saturated rings. The fourth-order valence-electron chi connectivity index (χ4n) is 0.943. The molecular formula is C8H7IN4O. The fraction of sp³-hybridized carbons (Fsp3) is 0.125. The minimum absolute atomic E-state index is 0.536. The van der Waals surface area contributed by atoms with Crippen LogP contribution in [0.25, 0.3) is 5.95 Å². The van der Waals surface area contributed by atoms with E-state index in [2.05, 4.69) is 37.7 Å². The van der Waals surface area contributed by atoms with E-state index in [1.165, 1.54) is 0 Å². The van der Waals surface area contributed by atoms with Crippen LogP contribution < -0.4 is 4.74 Å². The van der Waals surface area contributed by atoms with Gasteiger partial charge in [0.2, 0.25) is 0 Å². The monoisotopic (exact) mass is 302 g/mol. The van der Waals surface area contributed by atoms with E-state index in [-0.39, 0.29) is 0 Å². The van der Waals surface area contributed by atoms with Gasteiger partial charge in [0.05, 0.1) is 29.3 Å². The molecule has 0 unspecified atom stereocenters. The van der Waals surface area contributed by atoms with Gasteiger partial charge in [-0.15, -0.1) is 0 Å². The van der Waals surface area contributed by atoms with Crippen LogP contribution in [0.1, 0.15) is 0 Å². The van der Waals surface area contributed by atoms with Crippen molar-refractivity contribution in [1.82, 2.24) is 19.7 Å². The van der Waals surface area contributed by atoms with Gasteiger partial charge in [-0.25, -0.2) is 14.6 Å². The molecule has 0 radical (unpaired) electrons. The lowest BCUT2D eigenvalue weighted by molar-refractivity contribution is 0.410. The Morgan fingerprint density at radius 2 is 2.00 bits per heavy atom. The first-order chi connectivity index (χ1) is 6.79. The molecule has 0 aromatic carbocycles. The van der Waals surface area contributed by atoms with Crippen molar-refractivity contribution in [3.05, 3.63) is 28.4 Å². The van der Waals surface area contributed by atoms with Gasteiger partial charge >= 0.3 is 0 Å². The molecule has 2 rings (SSSR count). The van der Waals surface area contributed by atoms with E-state index < -0.39 is 0 Å². The standard InChI is InChI=1S/C8H7IN4O/c1-14-7-3-10-8(11-4-7)13-5-6(9)2-12-13/h2-5H,1H3. The van der Waals surface area contributed by atoms with E-state index in [4.69, 9.17) is 4.74 Å². The molecule has 2 aromatic heterocycles. The van der Waals surface area contributed by atoms with Crippen molar-refractivity contribution in [2.45, 2.75) is 0 Å². The van der Waals surface area contributed by atoms with Crippen molar-refractivity contribution in [3.63, 3.8) is 0 Å². The number of halogens is 1. The second-order valence-electron chi connectivity index (χ2n) is 2.53. The van der Waals surface area contributed by atoms with Gasteiger partial charge in [-0.2, -0.15) is 5.10 Å². The maximum absolute atomic E-state index is 4.95. The van der Waals surface area contributed by atoms with Gasteiger partial charge in [-0.3, -0.25) is 0 Å². The summed E-state index contributed by atoms with van der Waals surface area (Å²) in [5.41, 5.74) is 0. The van der Waals surface area contributed by atoms with Gasteiger partial charge in [-0.1, -0.05) is 0 Å². The van der Waals surface area contributed by atoms with E-state index in [9.17, 15) is 0 Å². The fourth-order valence-corrected chi connectivity index (χ4v) is 1.33. The maximum Gasteiger partial charge on any atom is 0.250 e. The SMILES string of the molecule is COc1cnc(-n2cc(I)cn2)nc1. The first-order valence-corrected chi connectivity index (χ1v) is 4.94. The minimum atomic E-state index is 0.536. The quantitative estimate of drug-likeness (QED) is 0.784. The molecule has 0 aliphatic heterocycles. The Labute approximate surface area is 94.3 Å². The van der Waals surface area contributed by atoms with E-state index in [0.29, 0.717) is 11.7 Å². The van der Waals surface area contributed by atoms with Crippen LogP contribution in [0.15, 0.2) is 24.8 Å². The zero-order chi connectivity index (χ0) is 9.97. The lowest BCUT2D eigenvalue weighted by Crippen LogP contribution is -2.01. The summed E-state index contributed by atoms with van der Waals surface area (Å²) in [6.07, 6.45) is 6.81. The Balaban J connectivity index is 2.33. The number of methoxy groups -OCH3 is 1. The molecule has 0 aliphatic carbocycles. The summed E-state index contributed by atoms with van der Waals surface area (Å²) in [6.45, 7) is 0. The van der Waals surface area contributed by atoms with Crippen LogP contribution in [0.2, 0.25) is 0 Å². The summed E-state index contributed by atoms with van der Waals surface area (Å²) in [5, 5.41) is 4.08. The van der Waals surface area contributed by atoms with Crippen LogP contribution in [-0.4, -0.2) is 26.9 Å². The predicted molar refractivity (Wildman–Crippen MR) is 58.4 cm³/mol. The molecule has 0 aliphatic rings. The average Bonchev–Trinajstić information content (AvgIpc) is 2.65. The Hall–Kier alpha value is -1.18. The molecule has 14 heavy (non-hydrogen) atoms. The third-order valence-corrected chi connectivity index (χ3v) is 2.16. The summed E-state index contributed by atoms with van der Waals surface area (Å²) in [5.74, 6) is 1.17. The smallest absolute Gasteiger partial charge is 0.250 e. The molecule has 0 amide bonds. The molecule has 2 aromatic rings. The number of hydrogen-bond donors (Lipinski definition) is 0. The molecule has 0 saturated carbocycles. The third kappa shape index (κ3) is 1.84. The summed E-state index contributed by atoms with van der Waals surface area (Å²) in [6, 6.07) is 0. The number of rotatable bonds is 2. The minimum Gasteiger partial charge on any atom is -0.494 e. The van der Waals surface area contributed by atoms with E-state index >= 15 is 0 Å². The average molecular weight is 302 g/mol. The number of ether oxygens (including phenoxy) is 1. The topological polar surface area (TPSA) is 52.8 Å². The molecule has 6 heteroatoms. The molecule has 0 N–H and O–H groups in total. The Bertz CT molecular complexity index is 425. The summed E-state index contributed by atoms with van der Waals surface area (Å²) in [7, 11) is 1.58. The van der Waals surface area contributed by atoms with Crippen molar-refractivity contribution < 1.29 is 4.74 Å². The van der Waals surface area contributed by atoms with E-state index in [1.54, 1.807) is 30.4 Å². The highest BCUT2D eigenvalue weighted by molar-refractivity contribution is 14.1. The van der Waals surface area contributed by atoms with Gasteiger partial charge in [0.1, 0.15) is 0 Å². The molecule has 0 atom stereocenters. The lowest BCUT2D eigenvalue weighted by atomic mass is 10.6. The third-order valence-electron chi connectivity index (χ3n) is 1.61. The van der Waals surface area contributed by atoms with Crippen LogP contribution in [0.5, 0.6) is 5.75 Å². The normalized spacial score (nSPS) is 10.1. The molecule has 0 saturated heterocycles. The van der Waals surface area contributed by atoms with Gasteiger partial charge < -0.3 is 4.74 Å². The second-order valence-corrected chi connectivity index (χ2v) is 3.77. The highest BCUT2D eigenvalue weighted by atomic mass is 127. The van der Waals surface area contributed by atoms with E-state index in [0.717, 1.165) is 3.57 Å². The number of aromatic nitrogens is 4.